The van der Waals surface area contributed by atoms with Gasteiger partial charge in [0.1, 0.15) is 17.7 Å². The Labute approximate surface area is 181 Å². The number of rotatable bonds is 6. The summed E-state index contributed by atoms with van der Waals surface area (Å²) in [5.41, 5.74) is 11.2. The Morgan fingerprint density at radius 3 is 2.42 bits per heavy atom. The minimum Gasteiger partial charge on any atom is -0.481 e. The van der Waals surface area contributed by atoms with Gasteiger partial charge in [-0.3, -0.25) is 14.4 Å². The van der Waals surface area contributed by atoms with Gasteiger partial charge in [0.2, 0.25) is 5.91 Å². The van der Waals surface area contributed by atoms with Crippen molar-refractivity contribution in [2.45, 2.75) is 87.6 Å². The molecule has 1 heterocycles. The number of piperidine rings is 1. The largest absolute Gasteiger partial charge is 0.481 e. The summed E-state index contributed by atoms with van der Waals surface area (Å²) in [6.07, 6.45) is 5.85. The van der Waals surface area contributed by atoms with Crippen molar-refractivity contribution in [1.29, 1.82) is 5.26 Å². The minimum atomic E-state index is -1.20. The highest BCUT2D eigenvalue weighted by Crippen LogP contribution is 2.64. The van der Waals surface area contributed by atoms with Gasteiger partial charge in [0.25, 0.3) is 0 Å². The molecule has 1 amide bonds. The lowest BCUT2D eigenvalue weighted by Crippen LogP contribution is -2.66. The van der Waals surface area contributed by atoms with Crippen molar-refractivity contribution in [2.75, 3.05) is 0 Å². The molecule has 9 nitrogen and oxygen atoms in total. The molecular formula is C22H30N4O5. The first-order valence-corrected chi connectivity index (χ1v) is 11.3. The number of carboxylic acid groups (broad SMARTS) is 1. The van der Waals surface area contributed by atoms with Crippen LogP contribution in [0.1, 0.15) is 57.8 Å². The molecule has 1 saturated heterocycles. The van der Waals surface area contributed by atoms with Gasteiger partial charge in [0.05, 0.1) is 18.5 Å². The maximum atomic E-state index is 13.5. The van der Waals surface area contributed by atoms with Crippen LogP contribution >= 0.6 is 0 Å². The van der Waals surface area contributed by atoms with Gasteiger partial charge < -0.3 is 26.2 Å². The lowest BCUT2D eigenvalue weighted by atomic mass is 9.46. The molecule has 1 aliphatic heterocycles. The van der Waals surface area contributed by atoms with Gasteiger partial charge in [-0.05, 0) is 74.5 Å². The second kappa shape index (κ2) is 6.91. The molecule has 5 aliphatic carbocycles. The van der Waals surface area contributed by atoms with Gasteiger partial charge in [0, 0.05) is 6.04 Å². The number of fused-ring (bicyclic) bond motifs is 1. The molecule has 9 heteroatoms. The highest BCUT2D eigenvalue weighted by molar-refractivity contribution is 5.85. The summed E-state index contributed by atoms with van der Waals surface area (Å²) in [5, 5.41) is 18.4. The lowest BCUT2D eigenvalue weighted by molar-refractivity contribution is -0.207. The summed E-state index contributed by atoms with van der Waals surface area (Å²) in [4.78, 5) is 38.7. The predicted molar refractivity (Wildman–Crippen MR) is 107 cm³/mol. The number of hydrogen-bond acceptors (Lipinski definition) is 7. The molecule has 168 valence electrons. The van der Waals surface area contributed by atoms with Crippen LogP contribution in [-0.2, 0) is 19.1 Å². The van der Waals surface area contributed by atoms with Crippen molar-refractivity contribution >= 4 is 17.8 Å². The Morgan fingerprint density at radius 2 is 1.81 bits per heavy atom. The standard InChI is InChI=1S/C22H30N4O5/c23-9-14-2-13-3-16(13)26(14)19(29)18(25)21-5-11-1-12(6-21)8-22(7-11,10-21)31-20(30)15(24)4-17(27)28/h11-16,18H,1-8,10,24-25H2,(H,27,28)/t11-,12?,13?,14-,15-,16?,18+,21?,22?/m0/s1. The number of carbonyl (C=O) groups excluding carboxylic acids is 2. The van der Waals surface area contributed by atoms with E-state index in [-0.39, 0.29) is 11.9 Å². The van der Waals surface area contributed by atoms with Crippen molar-refractivity contribution in [2.24, 2.45) is 34.6 Å². The van der Waals surface area contributed by atoms with E-state index < -0.39 is 47.5 Å². The average molecular weight is 431 g/mol. The monoisotopic (exact) mass is 430 g/mol. The maximum absolute atomic E-state index is 13.5. The van der Waals surface area contributed by atoms with E-state index in [1.54, 1.807) is 4.90 Å². The third-order valence-corrected chi connectivity index (χ3v) is 8.50. The molecular weight excluding hydrogens is 400 g/mol. The molecule has 0 aromatic carbocycles. The lowest BCUT2D eigenvalue weighted by Gasteiger charge is -2.62. The topological polar surface area (TPSA) is 160 Å². The number of ether oxygens (including phenoxy) is 1. The van der Waals surface area contributed by atoms with E-state index in [4.69, 9.17) is 21.3 Å². The van der Waals surface area contributed by atoms with Crippen LogP contribution in [0.25, 0.3) is 0 Å². The maximum Gasteiger partial charge on any atom is 0.324 e. The van der Waals surface area contributed by atoms with Crippen LogP contribution < -0.4 is 11.5 Å². The Balaban J connectivity index is 1.36. The first kappa shape index (κ1) is 20.7. The first-order chi connectivity index (χ1) is 14.7. The molecule has 0 radical (unpaired) electrons. The number of carbonyl (C=O) groups is 3. The van der Waals surface area contributed by atoms with Crippen LogP contribution in [0.5, 0.6) is 0 Å². The summed E-state index contributed by atoms with van der Waals surface area (Å²) in [7, 11) is 0. The number of nitrogens with two attached hydrogens (primary N) is 2. The van der Waals surface area contributed by atoms with Crippen molar-refractivity contribution in [3.05, 3.63) is 0 Å². The van der Waals surface area contributed by atoms with E-state index >= 15 is 0 Å². The quantitative estimate of drug-likeness (QED) is 0.514. The number of hydrogen-bond donors (Lipinski definition) is 3. The molecule has 4 bridgehead atoms. The third kappa shape index (κ3) is 3.31. The average Bonchev–Trinajstić information content (AvgIpc) is 3.34. The number of esters is 1. The predicted octanol–water partition coefficient (Wildman–Crippen LogP) is 0.511. The Bertz CT molecular complexity index is 854. The van der Waals surface area contributed by atoms with Crippen LogP contribution in [-0.4, -0.2) is 57.6 Å². The number of carboxylic acids is 1. The second-order valence-electron chi connectivity index (χ2n) is 10.8. The van der Waals surface area contributed by atoms with E-state index in [0.717, 1.165) is 32.1 Å². The summed E-state index contributed by atoms with van der Waals surface area (Å²) in [6.45, 7) is 0. The zero-order valence-corrected chi connectivity index (χ0v) is 17.5. The Morgan fingerprint density at radius 1 is 1.13 bits per heavy atom. The normalized spacial score (nSPS) is 43.6. The van der Waals surface area contributed by atoms with Crippen LogP contribution in [0.3, 0.4) is 0 Å². The van der Waals surface area contributed by atoms with Gasteiger partial charge in [0.15, 0.2) is 0 Å². The molecule has 5 saturated carbocycles. The number of nitrogens with zero attached hydrogens (tertiary/aromatic N) is 2. The molecule has 6 rings (SSSR count). The summed E-state index contributed by atoms with van der Waals surface area (Å²) in [6, 6.07) is 0.0966. The smallest absolute Gasteiger partial charge is 0.324 e. The fourth-order valence-electron chi connectivity index (χ4n) is 7.60. The molecule has 0 aromatic heterocycles. The van der Waals surface area contributed by atoms with Crippen molar-refractivity contribution in [1.82, 2.24) is 4.90 Å². The van der Waals surface area contributed by atoms with Crippen molar-refractivity contribution in [3.63, 3.8) is 0 Å². The molecule has 0 aromatic rings. The third-order valence-electron chi connectivity index (χ3n) is 8.50. The Hall–Kier alpha value is -2.18. The molecule has 6 fully saturated rings. The number of nitriles is 1. The molecule has 9 atom stereocenters. The van der Waals surface area contributed by atoms with E-state index in [1.165, 1.54) is 0 Å². The van der Waals surface area contributed by atoms with Gasteiger partial charge in [-0.2, -0.15) is 5.26 Å². The summed E-state index contributed by atoms with van der Waals surface area (Å²) in [5.74, 6) is -0.896. The number of amides is 1. The molecule has 5 N–H and O–H groups in total. The number of likely N-dealkylation sites (tertiary alicyclic amines) is 1. The van der Waals surface area contributed by atoms with Crippen LogP contribution in [0.4, 0.5) is 0 Å². The SMILES string of the molecule is N#C[C@@H]1CC2CC2N1C(=O)[C@@H](N)C12CC3C[C@H](CC(OC(=O)[C@@H](N)CC(=O)O)(C3)C1)C2. The molecule has 31 heavy (non-hydrogen) atoms. The van der Waals surface area contributed by atoms with Crippen LogP contribution in [0, 0.1) is 34.5 Å². The molecule has 6 aliphatic rings. The first-order valence-electron chi connectivity index (χ1n) is 11.3. The van der Waals surface area contributed by atoms with E-state index in [9.17, 15) is 19.6 Å². The highest BCUT2D eigenvalue weighted by atomic mass is 16.6. The highest BCUT2D eigenvalue weighted by Gasteiger charge is 2.64. The van der Waals surface area contributed by atoms with E-state index in [1.807, 2.05) is 0 Å². The Kier molecular flexibility index (Phi) is 4.61. The van der Waals surface area contributed by atoms with Gasteiger partial charge in [-0.25, -0.2) is 0 Å². The zero-order chi connectivity index (χ0) is 22.1. The fourth-order valence-corrected chi connectivity index (χ4v) is 7.60. The number of aliphatic carboxylic acids is 1. The zero-order valence-electron chi connectivity index (χ0n) is 17.5. The molecule has 5 unspecified atom stereocenters. The van der Waals surface area contributed by atoms with Gasteiger partial charge >= 0.3 is 11.9 Å². The van der Waals surface area contributed by atoms with Gasteiger partial charge in [-0.1, -0.05) is 0 Å². The van der Waals surface area contributed by atoms with Crippen LogP contribution in [0.15, 0.2) is 0 Å². The van der Waals surface area contributed by atoms with Crippen molar-refractivity contribution in [3.8, 4) is 6.07 Å². The van der Waals surface area contributed by atoms with Crippen molar-refractivity contribution < 1.29 is 24.2 Å². The van der Waals surface area contributed by atoms with Crippen LogP contribution in [0.2, 0.25) is 0 Å². The van der Waals surface area contributed by atoms with Gasteiger partial charge in [-0.15, -0.1) is 0 Å². The summed E-state index contributed by atoms with van der Waals surface area (Å²) >= 11 is 0. The molecule has 0 spiro atoms. The second-order valence-corrected chi connectivity index (χ2v) is 10.8. The summed E-state index contributed by atoms with van der Waals surface area (Å²) < 4.78 is 5.91. The fraction of sp³-hybridized carbons (Fsp3) is 0.818. The van der Waals surface area contributed by atoms with E-state index in [2.05, 4.69) is 6.07 Å². The minimum absolute atomic E-state index is 0.137. The van der Waals surface area contributed by atoms with E-state index in [0.29, 0.717) is 37.0 Å².